The lowest BCUT2D eigenvalue weighted by atomic mass is 10.0. The van der Waals surface area contributed by atoms with Crippen molar-refractivity contribution < 1.29 is 4.79 Å². The van der Waals surface area contributed by atoms with Gasteiger partial charge in [-0.3, -0.25) is 13.9 Å². The number of nitriles is 1. The van der Waals surface area contributed by atoms with Crippen molar-refractivity contribution in [3.63, 3.8) is 0 Å². The fourth-order valence-corrected chi connectivity index (χ4v) is 4.21. The third-order valence-electron chi connectivity index (χ3n) is 5.43. The van der Waals surface area contributed by atoms with Crippen molar-refractivity contribution in [3.8, 4) is 6.07 Å². The molecule has 1 heterocycles. The van der Waals surface area contributed by atoms with Crippen molar-refractivity contribution in [2.45, 2.75) is 19.4 Å². The number of halogens is 1. The van der Waals surface area contributed by atoms with Gasteiger partial charge >= 0.3 is 5.69 Å². The quantitative estimate of drug-likeness (QED) is 0.417. The zero-order chi connectivity index (χ0) is 21.6. The first-order valence-electron chi connectivity index (χ1n) is 9.36. The maximum Gasteiger partial charge on any atom is 0.329 e. The summed E-state index contributed by atoms with van der Waals surface area (Å²) in [5.74, 6) is -0.314. The van der Waals surface area contributed by atoms with Crippen molar-refractivity contribution in [1.82, 2.24) is 9.13 Å². The van der Waals surface area contributed by atoms with Crippen LogP contribution in [0, 0.1) is 14.9 Å². The van der Waals surface area contributed by atoms with Crippen LogP contribution in [0.5, 0.6) is 0 Å². The summed E-state index contributed by atoms with van der Waals surface area (Å²) in [5, 5.41) is 13.9. The number of aryl methyl sites for hydroxylation is 1. The number of nitrogens with one attached hydrogen (secondary N) is 1. The topological polar surface area (TPSA) is 79.8 Å². The standard InChI is InChI=1S/C23H19IN4O2/c1-23(2,28-19-11-9-15(24)12-20(19)27(3)22(28)30)21(29)26-18-10-8-14(13-25)16-6-4-5-7-17(16)18/h4-12H,1-3H3,(H,26,29). The molecule has 0 fully saturated rings. The normalized spacial score (nSPS) is 11.6. The van der Waals surface area contributed by atoms with Gasteiger partial charge in [-0.05, 0) is 66.8 Å². The number of imidazole rings is 1. The predicted molar refractivity (Wildman–Crippen MR) is 127 cm³/mol. The number of carbonyl (C=O) groups excluding carboxylic acids is 1. The van der Waals surface area contributed by atoms with E-state index < -0.39 is 5.54 Å². The molecule has 4 aromatic rings. The van der Waals surface area contributed by atoms with Crippen LogP contribution in [0.4, 0.5) is 5.69 Å². The van der Waals surface area contributed by atoms with E-state index in [0.717, 1.165) is 19.9 Å². The highest BCUT2D eigenvalue weighted by molar-refractivity contribution is 14.1. The molecule has 0 bridgehead atoms. The van der Waals surface area contributed by atoms with E-state index in [1.165, 1.54) is 4.57 Å². The van der Waals surface area contributed by atoms with E-state index in [0.29, 0.717) is 16.8 Å². The van der Waals surface area contributed by atoms with Crippen molar-refractivity contribution in [1.29, 1.82) is 5.26 Å². The number of nitrogens with zero attached hydrogens (tertiary/aromatic N) is 3. The van der Waals surface area contributed by atoms with Gasteiger partial charge in [-0.25, -0.2) is 4.79 Å². The number of rotatable bonds is 3. The molecule has 0 atom stereocenters. The molecule has 0 aliphatic heterocycles. The first kappa shape index (κ1) is 20.2. The summed E-state index contributed by atoms with van der Waals surface area (Å²) in [6.07, 6.45) is 0. The average molecular weight is 510 g/mol. The fraction of sp³-hybridized carbons (Fsp3) is 0.174. The molecule has 6 nitrogen and oxygen atoms in total. The number of hydrogen-bond acceptors (Lipinski definition) is 3. The molecular formula is C23H19IN4O2. The maximum atomic E-state index is 13.4. The summed E-state index contributed by atoms with van der Waals surface area (Å²) in [4.78, 5) is 26.4. The molecule has 150 valence electrons. The van der Waals surface area contributed by atoms with Gasteiger partial charge in [0.2, 0.25) is 5.91 Å². The van der Waals surface area contributed by atoms with E-state index in [9.17, 15) is 14.9 Å². The van der Waals surface area contributed by atoms with E-state index in [-0.39, 0.29) is 11.6 Å². The first-order valence-corrected chi connectivity index (χ1v) is 10.4. The number of carbonyl (C=O) groups is 1. The van der Waals surface area contributed by atoms with Gasteiger partial charge in [-0.15, -0.1) is 0 Å². The second-order valence-electron chi connectivity index (χ2n) is 7.64. The molecule has 0 saturated carbocycles. The summed E-state index contributed by atoms with van der Waals surface area (Å²) in [6, 6.07) is 18.7. The molecule has 0 saturated heterocycles. The largest absolute Gasteiger partial charge is 0.329 e. The van der Waals surface area contributed by atoms with Gasteiger partial charge in [-0.1, -0.05) is 24.3 Å². The Morgan fingerprint density at radius 1 is 1.07 bits per heavy atom. The van der Waals surface area contributed by atoms with E-state index in [1.807, 2.05) is 42.5 Å². The highest BCUT2D eigenvalue weighted by Crippen LogP contribution is 2.29. The number of amides is 1. The van der Waals surface area contributed by atoms with Gasteiger partial charge in [0.15, 0.2) is 0 Å². The SMILES string of the molecule is Cn1c(=O)n(C(C)(C)C(=O)Nc2ccc(C#N)c3ccccc23)c2ccc(I)cc21. The second-order valence-corrected chi connectivity index (χ2v) is 8.89. The lowest BCUT2D eigenvalue weighted by Gasteiger charge is -2.26. The first-order chi connectivity index (χ1) is 14.3. The van der Waals surface area contributed by atoms with Crippen LogP contribution in [-0.4, -0.2) is 15.0 Å². The van der Waals surface area contributed by atoms with Gasteiger partial charge in [0.05, 0.1) is 22.7 Å². The molecule has 3 aromatic carbocycles. The van der Waals surface area contributed by atoms with Crippen LogP contribution in [0.25, 0.3) is 21.8 Å². The molecule has 7 heteroatoms. The Morgan fingerprint density at radius 3 is 2.47 bits per heavy atom. The molecule has 0 radical (unpaired) electrons. The van der Waals surface area contributed by atoms with Gasteiger partial charge < -0.3 is 5.32 Å². The van der Waals surface area contributed by atoms with Crippen molar-refractivity contribution in [2.24, 2.45) is 7.05 Å². The lowest BCUT2D eigenvalue weighted by molar-refractivity contribution is -0.123. The van der Waals surface area contributed by atoms with Gasteiger partial charge in [0, 0.05) is 27.1 Å². The summed E-state index contributed by atoms with van der Waals surface area (Å²) in [7, 11) is 1.71. The Hall–Kier alpha value is -3.12. The monoisotopic (exact) mass is 510 g/mol. The Bertz CT molecular complexity index is 1420. The van der Waals surface area contributed by atoms with Crippen LogP contribution < -0.4 is 11.0 Å². The van der Waals surface area contributed by atoms with Crippen LogP contribution >= 0.6 is 22.6 Å². The zero-order valence-corrected chi connectivity index (χ0v) is 18.9. The van der Waals surface area contributed by atoms with Crippen LogP contribution in [0.2, 0.25) is 0 Å². The molecular weight excluding hydrogens is 491 g/mol. The maximum absolute atomic E-state index is 13.4. The molecule has 4 rings (SSSR count). The van der Waals surface area contributed by atoms with E-state index in [2.05, 4.69) is 34.0 Å². The van der Waals surface area contributed by atoms with Crippen LogP contribution in [0.3, 0.4) is 0 Å². The van der Waals surface area contributed by atoms with Crippen molar-refractivity contribution in [3.05, 3.63) is 74.2 Å². The zero-order valence-electron chi connectivity index (χ0n) is 16.7. The molecule has 0 unspecified atom stereocenters. The van der Waals surface area contributed by atoms with E-state index in [4.69, 9.17) is 0 Å². The van der Waals surface area contributed by atoms with Crippen LogP contribution in [0.15, 0.2) is 59.4 Å². The Balaban J connectivity index is 1.81. The highest BCUT2D eigenvalue weighted by Gasteiger charge is 2.34. The molecule has 1 amide bonds. The van der Waals surface area contributed by atoms with E-state index >= 15 is 0 Å². The fourth-order valence-electron chi connectivity index (χ4n) is 3.73. The minimum atomic E-state index is -1.14. The lowest BCUT2D eigenvalue weighted by Crippen LogP contribution is -2.45. The average Bonchev–Trinajstić information content (AvgIpc) is 2.98. The van der Waals surface area contributed by atoms with Crippen LogP contribution in [0.1, 0.15) is 19.4 Å². The Labute approximate surface area is 186 Å². The number of anilines is 1. The van der Waals surface area contributed by atoms with Crippen LogP contribution in [-0.2, 0) is 17.4 Å². The van der Waals surface area contributed by atoms with Gasteiger partial charge in [0.1, 0.15) is 5.54 Å². The molecule has 0 aliphatic carbocycles. The number of benzene rings is 3. The molecule has 30 heavy (non-hydrogen) atoms. The van der Waals surface area contributed by atoms with Gasteiger partial charge in [0.25, 0.3) is 0 Å². The Morgan fingerprint density at radius 2 is 1.77 bits per heavy atom. The van der Waals surface area contributed by atoms with Crippen molar-refractivity contribution in [2.75, 3.05) is 5.32 Å². The summed E-state index contributed by atoms with van der Waals surface area (Å²) >= 11 is 2.20. The minimum Gasteiger partial charge on any atom is -0.323 e. The summed E-state index contributed by atoms with van der Waals surface area (Å²) < 4.78 is 4.10. The molecule has 1 aromatic heterocycles. The highest BCUT2D eigenvalue weighted by atomic mass is 127. The van der Waals surface area contributed by atoms with Crippen molar-refractivity contribution >= 4 is 56.0 Å². The third-order valence-corrected chi connectivity index (χ3v) is 6.10. The summed E-state index contributed by atoms with van der Waals surface area (Å²) in [6.45, 7) is 3.46. The van der Waals surface area contributed by atoms with E-state index in [1.54, 1.807) is 37.6 Å². The number of fused-ring (bicyclic) bond motifs is 2. The summed E-state index contributed by atoms with van der Waals surface area (Å²) in [5.41, 5.74) is 1.23. The number of aromatic nitrogens is 2. The predicted octanol–water partition coefficient (Wildman–Crippen LogP) is 4.34. The molecule has 1 N–H and O–H groups in total. The molecule has 0 aliphatic rings. The number of hydrogen-bond donors (Lipinski definition) is 1. The Kier molecular flexibility index (Phi) is 4.90. The second kappa shape index (κ2) is 7.29. The van der Waals surface area contributed by atoms with Gasteiger partial charge in [-0.2, -0.15) is 5.26 Å². The minimum absolute atomic E-state index is 0.253. The third kappa shape index (κ3) is 3.08. The smallest absolute Gasteiger partial charge is 0.323 e. The molecule has 0 spiro atoms.